The number of likely N-dealkylation sites (tertiary alicyclic amines) is 1. The number of rotatable bonds is 3. The highest BCUT2D eigenvalue weighted by Crippen LogP contribution is 2.28. The molecule has 27 heavy (non-hydrogen) atoms. The first kappa shape index (κ1) is 17.7. The molecule has 0 atom stereocenters. The third-order valence-electron chi connectivity index (χ3n) is 5.02. The zero-order valence-electron chi connectivity index (χ0n) is 14.9. The number of benzene rings is 1. The van der Waals surface area contributed by atoms with Crippen LogP contribution in [0.15, 0.2) is 53.6 Å². The predicted molar refractivity (Wildman–Crippen MR) is 100 cm³/mol. The summed E-state index contributed by atoms with van der Waals surface area (Å²) < 4.78 is 25.1. The average Bonchev–Trinajstić information content (AvgIpc) is 3.11. The molecule has 3 aromatic rings. The highest BCUT2D eigenvalue weighted by molar-refractivity contribution is 7.90. The molecule has 1 aliphatic heterocycles. The number of nitrogens with zero attached hydrogens (tertiary/aromatic N) is 4. The summed E-state index contributed by atoms with van der Waals surface area (Å²) in [5.74, 6) is 1.13. The number of aromatic nitrogens is 3. The van der Waals surface area contributed by atoms with Gasteiger partial charge in [-0.2, -0.15) is 0 Å². The van der Waals surface area contributed by atoms with E-state index < -0.39 is 9.84 Å². The Morgan fingerprint density at radius 1 is 1.04 bits per heavy atom. The van der Waals surface area contributed by atoms with E-state index in [4.69, 9.17) is 0 Å². The minimum atomic E-state index is -3.26. The van der Waals surface area contributed by atoms with Crippen LogP contribution in [-0.4, -0.2) is 53.2 Å². The molecule has 1 fully saturated rings. The molecule has 1 aliphatic rings. The van der Waals surface area contributed by atoms with Crippen LogP contribution < -0.4 is 0 Å². The quantitative estimate of drug-likeness (QED) is 0.691. The molecule has 1 amide bonds. The topological polar surface area (TPSA) is 84.6 Å². The normalized spacial score (nSPS) is 16.0. The lowest BCUT2D eigenvalue weighted by molar-refractivity contribution is 0.0711. The standard InChI is InChI=1S/C19H20N4O3S/c1-27(25,26)16-7-5-15(6-8-16)19(24)22-12-9-14(10-13-22)18-21-20-17-4-2-3-11-23(17)18/h2-8,11,14H,9-10,12-13H2,1H3. The van der Waals surface area contributed by atoms with Crippen LogP contribution >= 0.6 is 0 Å². The lowest BCUT2D eigenvalue weighted by atomic mass is 9.95. The fourth-order valence-corrected chi connectivity index (χ4v) is 4.14. The molecule has 3 heterocycles. The van der Waals surface area contributed by atoms with Gasteiger partial charge in [-0.1, -0.05) is 6.07 Å². The fraction of sp³-hybridized carbons (Fsp3) is 0.316. The Labute approximate surface area is 157 Å². The van der Waals surface area contributed by atoms with Gasteiger partial charge in [0.05, 0.1) is 4.90 Å². The van der Waals surface area contributed by atoms with Gasteiger partial charge in [0.25, 0.3) is 5.91 Å². The number of hydrogen-bond acceptors (Lipinski definition) is 5. The zero-order chi connectivity index (χ0) is 19.0. The van der Waals surface area contributed by atoms with Crippen molar-refractivity contribution in [3.63, 3.8) is 0 Å². The van der Waals surface area contributed by atoms with Crippen molar-refractivity contribution in [2.24, 2.45) is 0 Å². The van der Waals surface area contributed by atoms with E-state index in [9.17, 15) is 13.2 Å². The molecular formula is C19H20N4O3S. The van der Waals surface area contributed by atoms with Crippen molar-refractivity contribution >= 4 is 21.4 Å². The number of pyridine rings is 1. The van der Waals surface area contributed by atoms with Crippen molar-refractivity contribution in [3.8, 4) is 0 Å². The minimum absolute atomic E-state index is 0.0698. The summed E-state index contributed by atoms with van der Waals surface area (Å²) >= 11 is 0. The van der Waals surface area contributed by atoms with E-state index in [1.807, 2.05) is 33.7 Å². The summed E-state index contributed by atoms with van der Waals surface area (Å²) in [4.78, 5) is 14.7. The molecule has 0 unspecified atom stereocenters. The maximum Gasteiger partial charge on any atom is 0.253 e. The Morgan fingerprint density at radius 3 is 2.41 bits per heavy atom. The molecule has 1 aromatic carbocycles. The maximum atomic E-state index is 12.7. The molecule has 140 valence electrons. The lowest BCUT2D eigenvalue weighted by Crippen LogP contribution is -2.38. The molecule has 0 aliphatic carbocycles. The second kappa shape index (κ2) is 6.77. The van der Waals surface area contributed by atoms with E-state index in [1.165, 1.54) is 12.1 Å². The SMILES string of the molecule is CS(=O)(=O)c1ccc(C(=O)N2CCC(c3nnc4ccccn34)CC2)cc1. The van der Waals surface area contributed by atoms with Gasteiger partial charge in [0.2, 0.25) is 0 Å². The monoisotopic (exact) mass is 384 g/mol. The molecule has 8 heteroatoms. The smallest absolute Gasteiger partial charge is 0.253 e. The predicted octanol–water partition coefficient (Wildman–Crippen LogP) is 2.15. The van der Waals surface area contributed by atoms with Crippen molar-refractivity contribution in [2.45, 2.75) is 23.7 Å². The molecule has 0 spiro atoms. The summed E-state index contributed by atoms with van der Waals surface area (Å²) in [6, 6.07) is 11.9. The largest absolute Gasteiger partial charge is 0.339 e. The van der Waals surface area contributed by atoms with E-state index in [1.54, 1.807) is 12.1 Å². The molecule has 0 saturated carbocycles. The summed E-state index contributed by atoms with van der Waals surface area (Å²) in [6.07, 6.45) is 4.76. The molecule has 0 bridgehead atoms. The van der Waals surface area contributed by atoms with Crippen LogP contribution in [-0.2, 0) is 9.84 Å². The number of piperidine rings is 1. The highest BCUT2D eigenvalue weighted by Gasteiger charge is 2.27. The molecule has 7 nitrogen and oxygen atoms in total. The van der Waals surface area contributed by atoms with Crippen LogP contribution in [0.5, 0.6) is 0 Å². The van der Waals surface area contributed by atoms with Crippen LogP contribution in [0.1, 0.15) is 34.9 Å². The Morgan fingerprint density at radius 2 is 1.74 bits per heavy atom. The Bertz CT molecular complexity index is 1080. The second-order valence-electron chi connectivity index (χ2n) is 6.85. The van der Waals surface area contributed by atoms with E-state index in [2.05, 4.69) is 10.2 Å². The maximum absolute atomic E-state index is 12.7. The molecule has 0 radical (unpaired) electrons. The molecule has 2 aromatic heterocycles. The van der Waals surface area contributed by atoms with Crippen LogP contribution in [0.25, 0.3) is 5.65 Å². The van der Waals surface area contributed by atoms with Crippen LogP contribution in [0.3, 0.4) is 0 Å². The third-order valence-corrected chi connectivity index (χ3v) is 6.15. The van der Waals surface area contributed by atoms with Gasteiger partial charge in [0.1, 0.15) is 5.82 Å². The van der Waals surface area contributed by atoms with Gasteiger partial charge in [0, 0.05) is 37.0 Å². The highest BCUT2D eigenvalue weighted by atomic mass is 32.2. The first-order valence-corrected chi connectivity index (χ1v) is 10.7. The minimum Gasteiger partial charge on any atom is -0.339 e. The van der Waals surface area contributed by atoms with Gasteiger partial charge in [-0.3, -0.25) is 9.20 Å². The van der Waals surface area contributed by atoms with Crippen molar-refractivity contribution in [2.75, 3.05) is 19.3 Å². The molecule has 1 saturated heterocycles. The number of hydrogen-bond donors (Lipinski definition) is 0. The molecule has 0 N–H and O–H groups in total. The van der Waals surface area contributed by atoms with E-state index >= 15 is 0 Å². The van der Waals surface area contributed by atoms with Gasteiger partial charge in [0.15, 0.2) is 15.5 Å². The number of fused-ring (bicyclic) bond motifs is 1. The van der Waals surface area contributed by atoms with Gasteiger partial charge in [-0.05, 0) is 49.2 Å². The number of sulfone groups is 1. The number of amides is 1. The summed E-state index contributed by atoms with van der Waals surface area (Å²) in [5, 5.41) is 8.54. The molecular weight excluding hydrogens is 364 g/mol. The molecule has 4 rings (SSSR count). The van der Waals surface area contributed by atoms with Gasteiger partial charge >= 0.3 is 0 Å². The van der Waals surface area contributed by atoms with Crippen molar-refractivity contribution in [1.82, 2.24) is 19.5 Å². The summed E-state index contributed by atoms with van der Waals surface area (Å²) in [7, 11) is -3.26. The Hall–Kier alpha value is -2.74. The Balaban J connectivity index is 1.45. The number of carbonyl (C=O) groups is 1. The van der Waals surface area contributed by atoms with Crippen molar-refractivity contribution < 1.29 is 13.2 Å². The van der Waals surface area contributed by atoms with Gasteiger partial charge < -0.3 is 4.90 Å². The zero-order valence-corrected chi connectivity index (χ0v) is 15.8. The van der Waals surface area contributed by atoms with E-state index in [0.717, 1.165) is 30.6 Å². The van der Waals surface area contributed by atoms with Gasteiger partial charge in [-0.15, -0.1) is 10.2 Å². The first-order chi connectivity index (χ1) is 12.9. The first-order valence-electron chi connectivity index (χ1n) is 8.82. The average molecular weight is 384 g/mol. The second-order valence-corrected chi connectivity index (χ2v) is 8.87. The summed E-state index contributed by atoms with van der Waals surface area (Å²) in [5.41, 5.74) is 1.34. The van der Waals surface area contributed by atoms with Crippen LogP contribution in [0.2, 0.25) is 0 Å². The summed E-state index contributed by atoms with van der Waals surface area (Å²) in [6.45, 7) is 1.28. The third kappa shape index (κ3) is 3.44. The fourth-order valence-electron chi connectivity index (χ4n) is 3.51. The Kier molecular flexibility index (Phi) is 4.43. The lowest BCUT2D eigenvalue weighted by Gasteiger charge is -2.31. The van der Waals surface area contributed by atoms with Crippen molar-refractivity contribution in [1.29, 1.82) is 0 Å². The van der Waals surface area contributed by atoms with Crippen LogP contribution in [0, 0.1) is 0 Å². The number of carbonyl (C=O) groups excluding carboxylic acids is 1. The van der Waals surface area contributed by atoms with Crippen LogP contribution in [0.4, 0.5) is 0 Å². The van der Waals surface area contributed by atoms with E-state index in [0.29, 0.717) is 18.7 Å². The van der Waals surface area contributed by atoms with Crippen molar-refractivity contribution in [3.05, 3.63) is 60.0 Å². The van der Waals surface area contributed by atoms with E-state index in [-0.39, 0.29) is 16.7 Å². The van der Waals surface area contributed by atoms with Gasteiger partial charge in [-0.25, -0.2) is 8.42 Å².